The van der Waals surface area contributed by atoms with E-state index in [9.17, 15) is 13.2 Å². The molecule has 2 aliphatic rings. The second kappa shape index (κ2) is 6.22. The summed E-state index contributed by atoms with van der Waals surface area (Å²) in [4.78, 5) is 14.4. The number of nitrogens with one attached hydrogen (secondary N) is 1. The number of hydrogen-bond acceptors (Lipinski definition) is 4. The lowest BCUT2D eigenvalue weighted by Crippen LogP contribution is -2.52. The summed E-state index contributed by atoms with van der Waals surface area (Å²) in [6.45, 7) is 4.36. The molecule has 1 N–H and O–H groups in total. The summed E-state index contributed by atoms with van der Waals surface area (Å²) in [5, 5.41) is 2.49. The van der Waals surface area contributed by atoms with Crippen LogP contribution in [0.5, 0.6) is 0 Å². The van der Waals surface area contributed by atoms with E-state index < -0.39 is 15.1 Å². The highest BCUT2D eigenvalue weighted by Gasteiger charge is 2.38. The Balaban J connectivity index is 2.11. The Labute approximate surface area is 115 Å². The summed E-state index contributed by atoms with van der Waals surface area (Å²) in [5.41, 5.74) is 0. The minimum absolute atomic E-state index is 0.158. The van der Waals surface area contributed by atoms with Gasteiger partial charge in [-0.25, -0.2) is 8.42 Å². The van der Waals surface area contributed by atoms with E-state index in [-0.39, 0.29) is 17.7 Å². The third kappa shape index (κ3) is 3.28. The van der Waals surface area contributed by atoms with Crippen molar-refractivity contribution in [3.8, 4) is 0 Å². The van der Waals surface area contributed by atoms with Crippen LogP contribution < -0.4 is 5.32 Å². The summed E-state index contributed by atoms with van der Waals surface area (Å²) < 4.78 is 24.1. The Hall–Kier alpha value is -0.620. The molecule has 2 heterocycles. The van der Waals surface area contributed by atoms with E-state index in [0.717, 1.165) is 32.4 Å². The molecular weight excluding hydrogens is 264 g/mol. The molecule has 0 aromatic heterocycles. The van der Waals surface area contributed by atoms with Gasteiger partial charge in [-0.15, -0.1) is 0 Å². The van der Waals surface area contributed by atoms with E-state index in [1.54, 1.807) is 4.90 Å². The normalized spacial score (nSPS) is 27.9. The molecule has 1 amide bonds. The molecule has 0 radical (unpaired) electrons. The van der Waals surface area contributed by atoms with E-state index in [0.29, 0.717) is 19.4 Å². The van der Waals surface area contributed by atoms with Crippen LogP contribution in [0.2, 0.25) is 0 Å². The Kier molecular flexibility index (Phi) is 4.84. The molecule has 2 saturated heterocycles. The van der Waals surface area contributed by atoms with Gasteiger partial charge in [0.1, 0.15) is 5.25 Å². The highest BCUT2D eigenvalue weighted by molar-refractivity contribution is 7.92. The Morgan fingerprint density at radius 2 is 1.89 bits per heavy atom. The fraction of sp³-hybridized carbons (Fsp3) is 0.923. The third-order valence-corrected chi connectivity index (χ3v) is 6.39. The molecule has 0 aliphatic carbocycles. The predicted molar refractivity (Wildman–Crippen MR) is 74.7 cm³/mol. The van der Waals surface area contributed by atoms with Crippen molar-refractivity contribution in [2.75, 3.05) is 25.4 Å². The zero-order valence-corrected chi connectivity index (χ0v) is 12.4. The predicted octanol–water partition coefficient (Wildman–Crippen LogP) is 0.554. The Morgan fingerprint density at radius 1 is 1.21 bits per heavy atom. The number of amides is 1. The van der Waals surface area contributed by atoms with Gasteiger partial charge < -0.3 is 10.2 Å². The first-order valence-corrected chi connectivity index (χ1v) is 9.00. The largest absolute Gasteiger partial charge is 0.339 e. The highest BCUT2D eigenvalue weighted by Crippen LogP contribution is 2.23. The van der Waals surface area contributed by atoms with Crippen LogP contribution in [0.4, 0.5) is 0 Å². The SMILES string of the molecule is CCN(C(=O)C1CCCCS1(=O)=O)C1CCNCC1. The first kappa shape index (κ1) is 14.8. The quantitative estimate of drug-likeness (QED) is 0.824. The van der Waals surface area contributed by atoms with Gasteiger partial charge in [0.2, 0.25) is 5.91 Å². The van der Waals surface area contributed by atoms with Crippen molar-refractivity contribution in [1.82, 2.24) is 10.2 Å². The first-order chi connectivity index (χ1) is 9.06. The van der Waals surface area contributed by atoms with Gasteiger partial charge in [-0.3, -0.25) is 4.79 Å². The molecule has 0 aromatic carbocycles. The van der Waals surface area contributed by atoms with Crippen LogP contribution in [0.1, 0.15) is 39.0 Å². The maximum atomic E-state index is 12.6. The lowest BCUT2D eigenvalue weighted by molar-refractivity contribution is -0.133. The number of carbonyl (C=O) groups is 1. The molecule has 0 spiro atoms. The highest BCUT2D eigenvalue weighted by atomic mass is 32.2. The molecule has 1 atom stereocenters. The summed E-state index contributed by atoms with van der Waals surface area (Å²) in [6, 6.07) is 0.205. The van der Waals surface area contributed by atoms with Crippen LogP contribution in [0.25, 0.3) is 0 Å². The number of hydrogen-bond donors (Lipinski definition) is 1. The fourth-order valence-corrected chi connectivity index (χ4v) is 4.99. The zero-order valence-electron chi connectivity index (χ0n) is 11.6. The van der Waals surface area contributed by atoms with Crippen molar-refractivity contribution in [3.63, 3.8) is 0 Å². The van der Waals surface area contributed by atoms with E-state index in [1.165, 1.54) is 0 Å². The first-order valence-electron chi connectivity index (χ1n) is 7.29. The van der Waals surface area contributed by atoms with Crippen molar-refractivity contribution in [3.05, 3.63) is 0 Å². The molecular formula is C13H24N2O3S. The van der Waals surface area contributed by atoms with Crippen LogP contribution >= 0.6 is 0 Å². The molecule has 19 heavy (non-hydrogen) atoms. The van der Waals surface area contributed by atoms with E-state index in [2.05, 4.69) is 5.32 Å². The monoisotopic (exact) mass is 288 g/mol. The van der Waals surface area contributed by atoms with E-state index in [4.69, 9.17) is 0 Å². The Morgan fingerprint density at radius 3 is 2.47 bits per heavy atom. The molecule has 5 nitrogen and oxygen atoms in total. The average Bonchev–Trinajstić information content (AvgIpc) is 2.40. The van der Waals surface area contributed by atoms with Crippen molar-refractivity contribution < 1.29 is 13.2 Å². The van der Waals surface area contributed by atoms with Gasteiger partial charge in [0.05, 0.1) is 5.75 Å². The van der Waals surface area contributed by atoms with Crippen LogP contribution in [0.15, 0.2) is 0 Å². The molecule has 6 heteroatoms. The summed E-state index contributed by atoms with van der Waals surface area (Å²) in [6.07, 6.45) is 3.90. The van der Waals surface area contributed by atoms with Crippen molar-refractivity contribution in [2.24, 2.45) is 0 Å². The molecule has 0 bridgehead atoms. The van der Waals surface area contributed by atoms with E-state index in [1.807, 2.05) is 6.92 Å². The van der Waals surface area contributed by atoms with Gasteiger partial charge in [0.25, 0.3) is 0 Å². The van der Waals surface area contributed by atoms with Gasteiger partial charge in [-0.05, 0) is 45.7 Å². The average molecular weight is 288 g/mol. The van der Waals surface area contributed by atoms with Gasteiger partial charge in [0.15, 0.2) is 9.84 Å². The molecule has 1 unspecified atom stereocenters. The number of carbonyl (C=O) groups excluding carboxylic acids is 1. The Bertz CT molecular complexity index is 416. The van der Waals surface area contributed by atoms with Gasteiger partial charge >= 0.3 is 0 Å². The number of piperidine rings is 1. The summed E-state index contributed by atoms with van der Waals surface area (Å²) >= 11 is 0. The molecule has 2 aliphatic heterocycles. The minimum atomic E-state index is -3.22. The van der Waals surface area contributed by atoms with Crippen molar-refractivity contribution in [1.29, 1.82) is 0 Å². The third-order valence-electron chi connectivity index (χ3n) is 4.23. The molecule has 110 valence electrons. The lowest BCUT2D eigenvalue weighted by Gasteiger charge is -2.36. The fourth-order valence-electron chi connectivity index (χ4n) is 3.13. The van der Waals surface area contributed by atoms with Gasteiger partial charge in [0, 0.05) is 12.6 Å². The zero-order chi connectivity index (χ0) is 13.9. The summed E-state index contributed by atoms with van der Waals surface area (Å²) in [5.74, 6) is 0.0156. The van der Waals surface area contributed by atoms with Crippen LogP contribution in [0, 0.1) is 0 Å². The maximum Gasteiger partial charge on any atom is 0.241 e. The van der Waals surface area contributed by atoms with Gasteiger partial charge in [-0.2, -0.15) is 0 Å². The lowest BCUT2D eigenvalue weighted by atomic mass is 10.0. The van der Waals surface area contributed by atoms with Crippen molar-refractivity contribution in [2.45, 2.75) is 50.3 Å². The van der Waals surface area contributed by atoms with Crippen LogP contribution in [0.3, 0.4) is 0 Å². The standard InChI is InChI=1S/C13H24N2O3S/c1-2-15(11-6-8-14-9-7-11)13(16)12-5-3-4-10-19(12,17)18/h11-12,14H,2-10H2,1H3. The number of rotatable bonds is 3. The van der Waals surface area contributed by atoms with Crippen LogP contribution in [-0.2, 0) is 14.6 Å². The number of nitrogens with zero attached hydrogens (tertiary/aromatic N) is 1. The molecule has 0 saturated carbocycles. The maximum absolute atomic E-state index is 12.6. The topological polar surface area (TPSA) is 66.5 Å². The minimum Gasteiger partial charge on any atom is -0.339 e. The number of sulfone groups is 1. The second-order valence-electron chi connectivity index (χ2n) is 5.46. The molecule has 0 aromatic rings. The summed E-state index contributed by atoms with van der Waals surface area (Å²) in [7, 11) is -3.22. The molecule has 2 rings (SSSR count). The smallest absolute Gasteiger partial charge is 0.241 e. The van der Waals surface area contributed by atoms with Crippen molar-refractivity contribution >= 4 is 15.7 Å². The second-order valence-corrected chi connectivity index (χ2v) is 7.76. The van der Waals surface area contributed by atoms with Crippen LogP contribution in [-0.4, -0.2) is 55.9 Å². The molecule has 2 fully saturated rings. The van der Waals surface area contributed by atoms with E-state index >= 15 is 0 Å². The van der Waals surface area contributed by atoms with Gasteiger partial charge in [-0.1, -0.05) is 6.42 Å².